The van der Waals surface area contributed by atoms with Crippen molar-refractivity contribution in [2.24, 2.45) is 5.11 Å². The van der Waals surface area contributed by atoms with E-state index < -0.39 is 5.54 Å². The maximum Gasteiger partial charge on any atom is 0.326 e. The number of azide groups is 1. The molecule has 0 aromatic rings. The Morgan fingerprint density at radius 2 is 2.31 bits per heavy atom. The average Bonchev–Trinajstić information content (AvgIpc) is 2.35. The predicted octanol–water partition coefficient (Wildman–Crippen LogP) is 0.608. The fraction of sp³-hybridized carbons (Fsp3) is 0.889. The fourth-order valence-electron chi connectivity index (χ4n) is 1.76. The van der Waals surface area contributed by atoms with E-state index in [4.69, 9.17) is 15.0 Å². The van der Waals surface area contributed by atoms with Crippen molar-refractivity contribution in [1.29, 1.82) is 0 Å². The second-order valence-electron chi connectivity index (χ2n) is 3.57. The molecule has 1 N–H and O–H groups in total. The molecule has 7 heteroatoms. The highest BCUT2D eigenvalue weighted by Gasteiger charge is 2.40. The largest absolute Gasteiger partial charge is 0.468 e. The Bertz CT molecular complexity index is 282. The van der Waals surface area contributed by atoms with Crippen LogP contribution in [0.3, 0.4) is 0 Å². The van der Waals surface area contributed by atoms with Gasteiger partial charge in [0, 0.05) is 31.2 Å². The summed E-state index contributed by atoms with van der Waals surface area (Å²) in [4.78, 5) is 14.4. The van der Waals surface area contributed by atoms with Crippen LogP contribution in [0.25, 0.3) is 10.4 Å². The number of hydrogen-bond donors (Lipinski definition) is 1. The summed E-state index contributed by atoms with van der Waals surface area (Å²) >= 11 is 0. The highest BCUT2D eigenvalue weighted by molar-refractivity contribution is 5.80. The molecule has 0 unspecified atom stereocenters. The molecular weight excluding hydrogens is 212 g/mol. The van der Waals surface area contributed by atoms with Crippen molar-refractivity contribution in [2.75, 3.05) is 33.4 Å². The molecule has 90 valence electrons. The van der Waals surface area contributed by atoms with Gasteiger partial charge in [-0.25, -0.2) is 0 Å². The Labute approximate surface area is 93.7 Å². The fourth-order valence-corrected chi connectivity index (χ4v) is 1.76. The third-order valence-corrected chi connectivity index (χ3v) is 2.66. The molecule has 0 aromatic heterocycles. The molecule has 0 atom stereocenters. The summed E-state index contributed by atoms with van der Waals surface area (Å²) in [6.07, 6.45) is 1.16. The quantitative estimate of drug-likeness (QED) is 0.245. The standard InChI is InChI=1S/C9H16N4O3/c1-15-8(14)9(2-6-16-7-3-9)11-4-5-12-13-10/h11H,2-7H2,1H3. The van der Waals surface area contributed by atoms with Crippen LogP contribution in [0, 0.1) is 0 Å². The van der Waals surface area contributed by atoms with Crippen molar-refractivity contribution in [3.63, 3.8) is 0 Å². The van der Waals surface area contributed by atoms with Crippen molar-refractivity contribution >= 4 is 5.97 Å². The Hall–Kier alpha value is -1.30. The van der Waals surface area contributed by atoms with E-state index in [2.05, 4.69) is 15.3 Å². The molecule has 16 heavy (non-hydrogen) atoms. The first-order chi connectivity index (χ1) is 7.75. The third kappa shape index (κ3) is 3.10. The molecule has 0 saturated carbocycles. The monoisotopic (exact) mass is 228 g/mol. The van der Waals surface area contributed by atoms with Gasteiger partial charge in [0.25, 0.3) is 0 Å². The van der Waals surface area contributed by atoms with Crippen LogP contribution in [-0.2, 0) is 14.3 Å². The molecule has 1 saturated heterocycles. The van der Waals surface area contributed by atoms with Crippen LogP contribution in [-0.4, -0.2) is 44.9 Å². The van der Waals surface area contributed by atoms with E-state index in [-0.39, 0.29) is 5.97 Å². The zero-order chi connectivity index (χ0) is 11.9. The third-order valence-electron chi connectivity index (χ3n) is 2.66. The van der Waals surface area contributed by atoms with Crippen LogP contribution in [0.5, 0.6) is 0 Å². The molecule has 0 aliphatic carbocycles. The first-order valence-corrected chi connectivity index (χ1v) is 5.17. The lowest BCUT2D eigenvalue weighted by molar-refractivity contribution is -0.152. The van der Waals surface area contributed by atoms with Crippen molar-refractivity contribution in [2.45, 2.75) is 18.4 Å². The minimum absolute atomic E-state index is 0.281. The van der Waals surface area contributed by atoms with Gasteiger partial charge < -0.3 is 14.8 Å². The number of hydrogen-bond acceptors (Lipinski definition) is 5. The predicted molar refractivity (Wildman–Crippen MR) is 56.8 cm³/mol. The van der Waals surface area contributed by atoms with E-state index in [0.29, 0.717) is 39.1 Å². The number of rotatable bonds is 5. The summed E-state index contributed by atoms with van der Waals surface area (Å²) < 4.78 is 10.0. The summed E-state index contributed by atoms with van der Waals surface area (Å²) in [6, 6.07) is 0. The maximum atomic E-state index is 11.7. The number of ether oxygens (including phenoxy) is 2. The van der Waals surface area contributed by atoms with E-state index in [0.717, 1.165) is 0 Å². The van der Waals surface area contributed by atoms with Crippen LogP contribution in [0.1, 0.15) is 12.8 Å². The Kier molecular flexibility index (Phi) is 5.04. The normalized spacial score (nSPS) is 18.6. The van der Waals surface area contributed by atoms with Gasteiger partial charge in [0.05, 0.1) is 7.11 Å². The maximum absolute atomic E-state index is 11.7. The van der Waals surface area contributed by atoms with Crippen LogP contribution < -0.4 is 5.32 Å². The molecule has 1 aliphatic rings. The zero-order valence-electron chi connectivity index (χ0n) is 9.31. The van der Waals surface area contributed by atoms with Gasteiger partial charge in [-0.05, 0) is 18.4 Å². The molecule has 0 amide bonds. The molecule has 1 heterocycles. The van der Waals surface area contributed by atoms with E-state index in [1.165, 1.54) is 7.11 Å². The minimum atomic E-state index is -0.683. The second-order valence-corrected chi connectivity index (χ2v) is 3.57. The summed E-state index contributed by atoms with van der Waals surface area (Å²) in [7, 11) is 1.37. The Balaban J connectivity index is 2.55. The molecule has 1 fully saturated rings. The van der Waals surface area contributed by atoms with Crippen LogP contribution >= 0.6 is 0 Å². The van der Waals surface area contributed by atoms with E-state index in [9.17, 15) is 4.79 Å². The van der Waals surface area contributed by atoms with E-state index >= 15 is 0 Å². The van der Waals surface area contributed by atoms with Gasteiger partial charge in [-0.3, -0.25) is 4.79 Å². The van der Waals surface area contributed by atoms with Gasteiger partial charge >= 0.3 is 5.97 Å². The smallest absolute Gasteiger partial charge is 0.326 e. The molecule has 7 nitrogen and oxygen atoms in total. The summed E-state index contributed by atoms with van der Waals surface area (Å²) in [5.74, 6) is -0.281. The first kappa shape index (κ1) is 12.8. The second kappa shape index (κ2) is 6.32. The highest BCUT2D eigenvalue weighted by Crippen LogP contribution is 2.21. The van der Waals surface area contributed by atoms with Crippen LogP contribution in [0.2, 0.25) is 0 Å². The number of methoxy groups -OCH3 is 1. The first-order valence-electron chi connectivity index (χ1n) is 5.17. The molecule has 1 rings (SSSR count). The molecule has 0 bridgehead atoms. The van der Waals surface area contributed by atoms with Crippen molar-refractivity contribution < 1.29 is 14.3 Å². The minimum Gasteiger partial charge on any atom is -0.468 e. The SMILES string of the molecule is COC(=O)C1(NCCN=[N+]=[N-])CCOCC1. The van der Waals surface area contributed by atoms with Crippen molar-refractivity contribution in [1.82, 2.24) is 5.32 Å². The molecule has 0 spiro atoms. The topological polar surface area (TPSA) is 96.3 Å². The lowest BCUT2D eigenvalue weighted by atomic mass is 9.90. The highest BCUT2D eigenvalue weighted by atomic mass is 16.5. The van der Waals surface area contributed by atoms with Gasteiger partial charge in [-0.1, -0.05) is 5.11 Å². The summed E-state index contributed by atoms with van der Waals surface area (Å²) in [5.41, 5.74) is 7.46. The molecule has 0 aromatic carbocycles. The van der Waals surface area contributed by atoms with E-state index in [1.54, 1.807) is 0 Å². The van der Waals surface area contributed by atoms with Gasteiger partial charge in [-0.15, -0.1) is 0 Å². The van der Waals surface area contributed by atoms with Crippen LogP contribution in [0.15, 0.2) is 5.11 Å². The number of nitrogens with one attached hydrogen (secondary N) is 1. The number of carbonyl (C=O) groups excluding carboxylic acids is 1. The molecular formula is C9H16N4O3. The number of carbonyl (C=O) groups is 1. The lowest BCUT2D eigenvalue weighted by Crippen LogP contribution is -2.56. The average molecular weight is 228 g/mol. The van der Waals surface area contributed by atoms with Crippen molar-refractivity contribution in [3.8, 4) is 0 Å². The summed E-state index contributed by atoms with van der Waals surface area (Å²) in [5, 5.41) is 6.51. The Morgan fingerprint density at radius 1 is 1.62 bits per heavy atom. The van der Waals surface area contributed by atoms with Gasteiger partial charge in [0.15, 0.2) is 0 Å². The van der Waals surface area contributed by atoms with Crippen LogP contribution in [0.4, 0.5) is 0 Å². The number of nitrogens with zero attached hydrogens (tertiary/aromatic N) is 3. The molecule has 0 radical (unpaired) electrons. The van der Waals surface area contributed by atoms with Gasteiger partial charge in [0.1, 0.15) is 5.54 Å². The molecule has 1 aliphatic heterocycles. The number of esters is 1. The Morgan fingerprint density at radius 3 is 2.88 bits per heavy atom. The summed E-state index contributed by atoms with van der Waals surface area (Å²) in [6.45, 7) is 1.84. The van der Waals surface area contributed by atoms with Crippen molar-refractivity contribution in [3.05, 3.63) is 10.4 Å². The lowest BCUT2D eigenvalue weighted by Gasteiger charge is -2.35. The van der Waals surface area contributed by atoms with E-state index in [1.807, 2.05) is 0 Å². The van der Waals surface area contributed by atoms with Gasteiger partial charge in [0.2, 0.25) is 0 Å². The zero-order valence-corrected chi connectivity index (χ0v) is 9.31. The van der Waals surface area contributed by atoms with Gasteiger partial charge in [-0.2, -0.15) is 0 Å².